The van der Waals surface area contributed by atoms with Gasteiger partial charge in [-0.2, -0.15) is 5.26 Å². The Bertz CT molecular complexity index is 559. The minimum absolute atomic E-state index is 0.141. The van der Waals surface area contributed by atoms with Crippen LogP contribution in [-0.2, 0) is 0 Å². The van der Waals surface area contributed by atoms with Crippen LogP contribution in [0.4, 0.5) is 8.78 Å². The van der Waals surface area contributed by atoms with Gasteiger partial charge in [0, 0.05) is 11.6 Å². The highest BCUT2D eigenvalue weighted by atomic mass is 19.2. The maximum Gasteiger partial charge on any atom is 0.185 e. The van der Waals surface area contributed by atoms with Gasteiger partial charge in [-0.25, -0.2) is 13.8 Å². The Labute approximate surface area is 90.8 Å². The second-order valence-electron chi connectivity index (χ2n) is 3.13. The molecule has 1 aromatic heterocycles. The number of aromatic nitrogens is 1. The van der Waals surface area contributed by atoms with Crippen molar-refractivity contribution < 1.29 is 8.78 Å². The molecule has 0 bridgehead atoms. The van der Waals surface area contributed by atoms with Crippen LogP contribution >= 0.6 is 0 Å². The Morgan fingerprint density at radius 3 is 2.44 bits per heavy atom. The minimum Gasteiger partial charge on any atom is -0.234 e. The molecule has 0 aliphatic heterocycles. The number of halogens is 2. The zero-order chi connectivity index (χ0) is 11.5. The normalized spacial score (nSPS) is 9.81. The van der Waals surface area contributed by atoms with Crippen LogP contribution < -0.4 is 0 Å². The van der Waals surface area contributed by atoms with Crippen molar-refractivity contribution in [2.45, 2.75) is 0 Å². The molecule has 0 fully saturated rings. The molecule has 0 unspecified atom stereocenters. The van der Waals surface area contributed by atoms with E-state index in [-0.39, 0.29) is 11.4 Å². The summed E-state index contributed by atoms with van der Waals surface area (Å²) in [4.78, 5) is 3.75. The molecule has 1 aromatic carbocycles. The van der Waals surface area contributed by atoms with Crippen molar-refractivity contribution in [2.75, 3.05) is 0 Å². The Balaban J connectivity index is 2.66. The number of pyridine rings is 1. The van der Waals surface area contributed by atoms with E-state index in [2.05, 4.69) is 4.98 Å². The summed E-state index contributed by atoms with van der Waals surface area (Å²) in [6, 6.07) is 10.8. The summed E-state index contributed by atoms with van der Waals surface area (Å²) >= 11 is 0. The van der Waals surface area contributed by atoms with Crippen molar-refractivity contribution in [1.29, 1.82) is 5.26 Å². The van der Waals surface area contributed by atoms with Crippen LogP contribution in [0.25, 0.3) is 11.3 Å². The van der Waals surface area contributed by atoms with E-state index in [9.17, 15) is 8.78 Å². The van der Waals surface area contributed by atoms with Gasteiger partial charge in [-0.3, -0.25) is 0 Å². The first kappa shape index (κ1) is 10.2. The fraction of sp³-hybridized carbons (Fsp3) is 0. The van der Waals surface area contributed by atoms with Gasteiger partial charge in [0.2, 0.25) is 0 Å². The first-order chi connectivity index (χ1) is 7.72. The van der Waals surface area contributed by atoms with E-state index in [1.165, 1.54) is 0 Å². The van der Waals surface area contributed by atoms with E-state index in [1.54, 1.807) is 36.4 Å². The fourth-order valence-corrected chi connectivity index (χ4v) is 1.34. The Kier molecular flexibility index (Phi) is 2.61. The van der Waals surface area contributed by atoms with Crippen LogP contribution in [0, 0.1) is 23.0 Å². The molecule has 0 saturated heterocycles. The van der Waals surface area contributed by atoms with Crippen LogP contribution in [0.15, 0.2) is 36.4 Å². The SMILES string of the molecule is N#Cc1cc(F)c(F)c(-c2ccccc2)n1. The monoisotopic (exact) mass is 216 g/mol. The van der Waals surface area contributed by atoms with Crippen molar-refractivity contribution in [3.05, 3.63) is 53.7 Å². The van der Waals surface area contributed by atoms with Gasteiger partial charge in [0.1, 0.15) is 17.5 Å². The summed E-state index contributed by atoms with van der Waals surface area (Å²) in [7, 11) is 0. The van der Waals surface area contributed by atoms with Gasteiger partial charge in [0.25, 0.3) is 0 Å². The van der Waals surface area contributed by atoms with Gasteiger partial charge in [0.05, 0.1) is 0 Å². The molecule has 0 aliphatic carbocycles. The van der Waals surface area contributed by atoms with Crippen molar-refractivity contribution in [3.8, 4) is 17.3 Å². The molecule has 2 rings (SSSR count). The highest BCUT2D eigenvalue weighted by Crippen LogP contribution is 2.22. The lowest BCUT2D eigenvalue weighted by Crippen LogP contribution is -1.96. The van der Waals surface area contributed by atoms with Crippen LogP contribution in [0.5, 0.6) is 0 Å². The summed E-state index contributed by atoms with van der Waals surface area (Å²) in [6.45, 7) is 0. The summed E-state index contributed by atoms with van der Waals surface area (Å²) in [5, 5.41) is 8.62. The van der Waals surface area contributed by atoms with E-state index in [4.69, 9.17) is 5.26 Å². The van der Waals surface area contributed by atoms with E-state index < -0.39 is 11.6 Å². The minimum atomic E-state index is -1.06. The molecule has 0 spiro atoms. The first-order valence-corrected chi connectivity index (χ1v) is 4.54. The predicted molar refractivity (Wildman–Crippen MR) is 54.3 cm³/mol. The van der Waals surface area contributed by atoms with Crippen LogP contribution in [-0.4, -0.2) is 4.98 Å². The van der Waals surface area contributed by atoms with E-state index in [1.807, 2.05) is 0 Å². The summed E-state index contributed by atoms with van der Waals surface area (Å²) in [5.74, 6) is -2.10. The third kappa shape index (κ3) is 1.75. The van der Waals surface area contributed by atoms with Crippen LogP contribution in [0.1, 0.15) is 5.69 Å². The standard InChI is InChI=1S/C12H6F2N2/c13-10-6-9(7-15)16-12(11(10)14)8-4-2-1-3-5-8/h1-6H. The predicted octanol–water partition coefficient (Wildman–Crippen LogP) is 2.90. The Morgan fingerprint density at radius 1 is 1.12 bits per heavy atom. The Hall–Kier alpha value is -2.28. The second kappa shape index (κ2) is 4.07. The van der Waals surface area contributed by atoms with Crippen molar-refractivity contribution in [1.82, 2.24) is 4.98 Å². The van der Waals surface area contributed by atoms with Crippen molar-refractivity contribution >= 4 is 0 Å². The average Bonchev–Trinajstić information content (AvgIpc) is 2.33. The first-order valence-electron chi connectivity index (χ1n) is 4.54. The molecule has 4 heteroatoms. The number of hydrogen-bond donors (Lipinski definition) is 0. The zero-order valence-electron chi connectivity index (χ0n) is 8.11. The lowest BCUT2D eigenvalue weighted by atomic mass is 10.1. The highest BCUT2D eigenvalue weighted by Gasteiger charge is 2.13. The van der Waals surface area contributed by atoms with Gasteiger partial charge < -0.3 is 0 Å². The number of hydrogen-bond acceptors (Lipinski definition) is 2. The third-order valence-corrected chi connectivity index (χ3v) is 2.08. The van der Waals surface area contributed by atoms with Gasteiger partial charge in [-0.1, -0.05) is 30.3 Å². The molecule has 16 heavy (non-hydrogen) atoms. The third-order valence-electron chi connectivity index (χ3n) is 2.08. The average molecular weight is 216 g/mol. The lowest BCUT2D eigenvalue weighted by molar-refractivity contribution is 0.506. The topological polar surface area (TPSA) is 36.7 Å². The molecule has 0 radical (unpaired) electrons. The smallest absolute Gasteiger partial charge is 0.185 e. The maximum absolute atomic E-state index is 13.5. The summed E-state index contributed by atoms with van der Waals surface area (Å²) in [5.41, 5.74) is 0.158. The van der Waals surface area contributed by atoms with E-state index >= 15 is 0 Å². The fourth-order valence-electron chi connectivity index (χ4n) is 1.34. The largest absolute Gasteiger partial charge is 0.234 e. The highest BCUT2D eigenvalue weighted by molar-refractivity contribution is 5.60. The maximum atomic E-state index is 13.5. The van der Waals surface area contributed by atoms with Crippen LogP contribution in [0.2, 0.25) is 0 Å². The molecule has 0 N–H and O–H groups in total. The molecule has 0 amide bonds. The number of nitriles is 1. The van der Waals surface area contributed by atoms with E-state index in [0.29, 0.717) is 5.56 Å². The van der Waals surface area contributed by atoms with Crippen molar-refractivity contribution in [2.24, 2.45) is 0 Å². The zero-order valence-corrected chi connectivity index (χ0v) is 8.11. The number of benzene rings is 1. The Morgan fingerprint density at radius 2 is 1.81 bits per heavy atom. The van der Waals surface area contributed by atoms with Gasteiger partial charge in [-0.15, -0.1) is 0 Å². The molecule has 0 atom stereocenters. The molecule has 2 nitrogen and oxygen atoms in total. The molecule has 0 aliphatic rings. The molecule has 78 valence electrons. The summed E-state index contributed by atoms with van der Waals surface area (Å²) in [6.07, 6.45) is 0. The summed E-state index contributed by atoms with van der Waals surface area (Å²) < 4.78 is 26.6. The van der Waals surface area contributed by atoms with Gasteiger partial charge in [0.15, 0.2) is 11.6 Å². The van der Waals surface area contributed by atoms with E-state index in [0.717, 1.165) is 6.07 Å². The van der Waals surface area contributed by atoms with Crippen LogP contribution in [0.3, 0.4) is 0 Å². The number of nitrogens with zero attached hydrogens (tertiary/aromatic N) is 2. The number of rotatable bonds is 1. The molecule has 2 aromatic rings. The van der Waals surface area contributed by atoms with Gasteiger partial charge in [-0.05, 0) is 0 Å². The van der Waals surface area contributed by atoms with Crippen molar-refractivity contribution in [3.63, 3.8) is 0 Å². The molecular weight excluding hydrogens is 210 g/mol. The second-order valence-corrected chi connectivity index (χ2v) is 3.13. The molecule has 1 heterocycles. The molecule has 0 saturated carbocycles. The lowest BCUT2D eigenvalue weighted by Gasteiger charge is -2.03. The molecular formula is C12H6F2N2. The van der Waals surface area contributed by atoms with Gasteiger partial charge >= 0.3 is 0 Å². The quantitative estimate of drug-likeness (QED) is 0.734.